The Balaban J connectivity index is 1.96. The third kappa shape index (κ3) is 1.36. The Morgan fingerprint density at radius 2 is 1.94 bits per heavy atom. The third-order valence-electron chi connectivity index (χ3n) is 5.83. The van der Waals surface area contributed by atoms with Gasteiger partial charge in [-0.05, 0) is 64.0 Å². The van der Waals surface area contributed by atoms with Gasteiger partial charge in [-0.2, -0.15) is 0 Å². The molecule has 2 heteroatoms. The number of aliphatic imine (C=N–C) groups is 1. The van der Waals surface area contributed by atoms with Crippen LogP contribution in [0.2, 0.25) is 0 Å². The summed E-state index contributed by atoms with van der Waals surface area (Å²) in [6.45, 7) is 14.9. The average Bonchev–Trinajstić information content (AvgIpc) is 2.67. The predicted octanol–water partition coefficient (Wildman–Crippen LogP) is 3.96. The molecule has 0 aromatic carbocycles. The smallest absolute Gasteiger partial charge is 0.190 e. The molecule has 100 valence electrons. The number of epoxide rings is 1. The molecule has 4 unspecified atom stereocenters. The molecule has 18 heavy (non-hydrogen) atoms. The van der Waals surface area contributed by atoms with Crippen molar-refractivity contribution in [2.24, 2.45) is 22.2 Å². The van der Waals surface area contributed by atoms with E-state index in [9.17, 15) is 0 Å². The Labute approximate surface area is 111 Å². The topological polar surface area (TPSA) is 24.9 Å². The first-order valence-corrected chi connectivity index (χ1v) is 7.22. The summed E-state index contributed by atoms with van der Waals surface area (Å²) in [6.07, 6.45) is 6.32. The summed E-state index contributed by atoms with van der Waals surface area (Å²) >= 11 is 0. The van der Waals surface area contributed by atoms with Gasteiger partial charge < -0.3 is 4.74 Å². The van der Waals surface area contributed by atoms with Gasteiger partial charge in [0.15, 0.2) is 5.72 Å². The lowest BCUT2D eigenvalue weighted by molar-refractivity contribution is 0.126. The number of hydrogen-bond donors (Lipinski definition) is 0. The van der Waals surface area contributed by atoms with Gasteiger partial charge in [-0.3, -0.25) is 4.99 Å². The molecular formula is C16H25NO. The van der Waals surface area contributed by atoms with Gasteiger partial charge in [0, 0.05) is 5.92 Å². The highest BCUT2D eigenvalue weighted by Crippen LogP contribution is 2.66. The van der Waals surface area contributed by atoms with Crippen LogP contribution in [0.1, 0.15) is 52.9 Å². The minimum Gasteiger partial charge on any atom is -0.340 e. The molecule has 3 rings (SSSR count). The van der Waals surface area contributed by atoms with Gasteiger partial charge in [0.2, 0.25) is 0 Å². The largest absolute Gasteiger partial charge is 0.340 e. The van der Waals surface area contributed by atoms with E-state index in [4.69, 9.17) is 4.74 Å². The molecule has 3 fully saturated rings. The normalized spacial score (nSPS) is 49.8. The summed E-state index contributed by atoms with van der Waals surface area (Å²) in [5, 5.41) is 0. The first-order chi connectivity index (χ1) is 8.36. The Hall–Kier alpha value is -0.630. The van der Waals surface area contributed by atoms with Gasteiger partial charge in [0.05, 0.1) is 0 Å². The lowest BCUT2D eigenvalue weighted by atomic mass is 9.64. The molecule has 0 bridgehead atoms. The summed E-state index contributed by atoms with van der Waals surface area (Å²) in [4.78, 5) is 4.41. The summed E-state index contributed by atoms with van der Waals surface area (Å²) in [5.41, 5.74) is 1.39. The molecule has 0 radical (unpaired) electrons. The van der Waals surface area contributed by atoms with E-state index in [1.807, 2.05) is 0 Å². The van der Waals surface area contributed by atoms with Crippen LogP contribution in [0.25, 0.3) is 0 Å². The molecule has 0 spiro atoms. The maximum absolute atomic E-state index is 6.00. The first kappa shape index (κ1) is 12.4. The van der Waals surface area contributed by atoms with Gasteiger partial charge in [-0.15, -0.1) is 0 Å². The van der Waals surface area contributed by atoms with Crippen LogP contribution >= 0.6 is 0 Å². The molecule has 3 aliphatic rings. The first-order valence-electron chi connectivity index (χ1n) is 7.22. The molecule has 0 aromatic heterocycles. The van der Waals surface area contributed by atoms with Gasteiger partial charge >= 0.3 is 0 Å². The van der Waals surface area contributed by atoms with Crippen molar-refractivity contribution in [1.29, 1.82) is 0 Å². The monoisotopic (exact) mass is 247 g/mol. The molecule has 1 aliphatic heterocycles. The average molecular weight is 247 g/mol. The summed E-state index contributed by atoms with van der Waals surface area (Å²) in [7, 11) is 0. The van der Waals surface area contributed by atoms with Crippen LogP contribution in [-0.2, 0) is 4.74 Å². The fourth-order valence-electron chi connectivity index (χ4n) is 4.87. The number of hydrogen-bond acceptors (Lipinski definition) is 2. The highest BCUT2D eigenvalue weighted by molar-refractivity contribution is 5.33. The van der Waals surface area contributed by atoms with E-state index in [-0.39, 0.29) is 11.3 Å². The van der Waals surface area contributed by atoms with Crippen molar-refractivity contribution in [1.82, 2.24) is 0 Å². The van der Waals surface area contributed by atoms with Crippen LogP contribution in [0.4, 0.5) is 0 Å². The summed E-state index contributed by atoms with van der Waals surface area (Å²) < 4.78 is 6.00. The molecule has 2 saturated carbocycles. The third-order valence-corrected chi connectivity index (χ3v) is 5.83. The maximum atomic E-state index is 6.00. The Kier molecular flexibility index (Phi) is 2.39. The fraction of sp³-hybridized carbons (Fsp3) is 0.812. The van der Waals surface area contributed by atoms with Crippen molar-refractivity contribution in [3.8, 4) is 0 Å². The van der Waals surface area contributed by atoms with Crippen LogP contribution in [0.15, 0.2) is 17.1 Å². The van der Waals surface area contributed by atoms with Crippen LogP contribution in [0, 0.1) is 17.3 Å². The van der Waals surface area contributed by atoms with E-state index < -0.39 is 0 Å². The molecule has 0 amide bonds. The van der Waals surface area contributed by atoms with Crippen LogP contribution < -0.4 is 0 Å². The number of ether oxygens (including phenoxy) is 1. The van der Waals surface area contributed by atoms with E-state index in [1.54, 1.807) is 0 Å². The molecule has 0 N–H and O–H groups in total. The van der Waals surface area contributed by atoms with Gasteiger partial charge in [-0.1, -0.05) is 19.1 Å². The lowest BCUT2D eigenvalue weighted by Crippen LogP contribution is -2.38. The molecular weight excluding hydrogens is 222 g/mol. The SMILES string of the molecule is C=NC1(C2CCC3(C)CCCC(=C)C23)OC1(C)C. The zero-order valence-electron chi connectivity index (χ0n) is 12.0. The Bertz CT molecular complexity index is 413. The van der Waals surface area contributed by atoms with Crippen molar-refractivity contribution in [3.05, 3.63) is 12.2 Å². The highest BCUT2D eigenvalue weighted by atomic mass is 16.6. The minimum atomic E-state index is -0.338. The molecule has 2 nitrogen and oxygen atoms in total. The molecule has 1 heterocycles. The highest BCUT2D eigenvalue weighted by Gasteiger charge is 2.72. The Morgan fingerprint density at radius 3 is 2.50 bits per heavy atom. The second kappa shape index (κ2) is 3.47. The van der Waals surface area contributed by atoms with Crippen molar-refractivity contribution in [2.75, 3.05) is 0 Å². The van der Waals surface area contributed by atoms with Crippen molar-refractivity contribution >= 4 is 6.72 Å². The summed E-state index contributed by atoms with van der Waals surface area (Å²) in [5.74, 6) is 1.07. The number of rotatable bonds is 2. The van der Waals surface area contributed by atoms with Gasteiger partial charge in [0.1, 0.15) is 5.60 Å². The van der Waals surface area contributed by atoms with Gasteiger partial charge in [-0.25, -0.2) is 0 Å². The summed E-state index contributed by atoms with van der Waals surface area (Å²) in [6, 6.07) is 0. The standard InChI is InChI=1S/C16H25NO/c1-11-7-6-9-15(4)10-8-12(13(11)15)16(17-5)14(2,3)18-16/h12-13H,1,5-10H2,2-4H3. The zero-order chi connectivity index (χ0) is 13.2. The number of allylic oxidation sites excluding steroid dienone is 1. The number of nitrogens with zero attached hydrogens (tertiary/aromatic N) is 1. The fourth-order valence-corrected chi connectivity index (χ4v) is 4.87. The van der Waals surface area contributed by atoms with Crippen molar-refractivity contribution in [3.63, 3.8) is 0 Å². The van der Waals surface area contributed by atoms with Crippen LogP contribution in [-0.4, -0.2) is 18.0 Å². The van der Waals surface area contributed by atoms with E-state index in [2.05, 4.69) is 39.1 Å². The Morgan fingerprint density at radius 1 is 1.28 bits per heavy atom. The minimum absolute atomic E-state index is 0.137. The lowest BCUT2D eigenvalue weighted by Gasteiger charge is -2.41. The van der Waals surface area contributed by atoms with E-state index >= 15 is 0 Å². The molecule has 2 aliphatic carbocycles. The van der Waals surface area contributed by atoms with Gasteiger partial charge in [0.25, 0.3) is 0 Å². The molecule has 1 saturated heterocycles. The molecule has 4 atom stereocenters. The van der Waals surface area contributed by atoms with Crippen LogP contribution in [0.3, 0.4) is 0 Å². The van der Waals surface area contributed by atoms with E-state index in [0.29, 0.717) is 17.3 Å². The second-order valence-electron chi connectivity index (χ2n) is 7.26. The van der Waals surface area contributed by atoms with Crippen LogP contribution in [0.5, 0.6) is 0 Å². The van der Waals surface area contributed by atoms with E-state index in [0.717, 1.165) is 0 Å². The quantitative estimate of drug-likeness (QED) is 0.412. The maximum Gasteiger partial charge on any atom is 0.190 e. The van der Waals surface area contributed by atoms with Crippen molar-refractivity contribution in [2.45, 2.75) is 64.2 Å². The van der Waals surface area contributed by atoms with E-state index in [1.165, 1.54) is 37.7 Å². The number of fused-ring (bicyclic) bond motifs is 1. The second-order valence-corrected chi connectivity index (χ2v) is 7.26. The molecule has 0 aromatic rings. The zero-order valence-corrected chi connectivity index (χ0v) is 12.0. The van der Waals surface area contributed by atoms with Crippen molar-refractivity contribution < 1.29 is 4.74 Å². The predicted molar refractivity (Wildman–Crippen MR) is 74.8 cm³/mol.